The van der Waals surface area contributed by atoms with Crippen molar-refractivity contribution >= 4 is 0 Å². The molecule has 0 saturated heterocycles. The molecule has 0 aliphatic rings. The molecule has 0 radical (unpaired) electrons. The van der Waals surface area contributed by atoms with Crippen LogP contribution in [0.4, 0.5) is 79.0 Å². The number of hydrogen-bond acceptors (Lipinski definition) is 1. The summed E-state index contributed by atoms with van der Waals surface area (Å²) in [4.78, 5) is 0. The molecule has 19 heteroatoms. The Morgan fingerprint density at radius 2 is 0.882 bits per heavy atom. The Hall–Kier alpha value is -1.56. The molecule has 0 aliphatic heterocycles. The quantitative estimate of drug-likeness (QED) is 0.251. The highest BCUT2D eigenvalue weighted by atomic mass is 19.4. The second kappa shape index (κ2) is 9.15. The summed E-state index contributed by atoms with van der Waals surface area (Å²) in [6, 6.07) is 0. The SMILES string of the molecule is CCCC/C(F)=C(\F)C(F)(F)C(F)(F)C(F)(F)C(F)(F)C(F)(F)C(F)(F)C(F)(F)C(F)(F)CO. The fourth-order valence-electron chi connectivity index (χ4n) is 2.06. The third kappa shape index (κ3) is 4.29. The Kier molecular flexibility index (Phi) is 8.73. The lowest BCUT2D eigenvalue weighted by Crippen LogP contribution is -2.75. The fourth-order valence-corrected chi connectivity index (χ4v) is 2.06. The molecule has 0 aliphatic carbocycles. The number of allylic oxidation sites excluding steroid dienone is 2. The predicted molar refractivity (Wildman–Crippen MR) is 75.4 cm³/mol. The van der Waals surface area contributed by atoms with E-state index in [0.717, 1.165) is 0 Å². The first kappa shape index (κ1) is 32.4. The normalized spacial score (nSPS) is 16.6. The molecule has 204 valence electrons. The van der Waals surface area contributed by atoms with Crippen molar-refractivity contribution in [2.24, 2.45) is 0 Å². The van der Waals surface area contributed by atoms with Crippen molar-refractivity contribution in [3.8, 4) is 0 Å². The first-order valence-corrected chi connectivity index (χ1v) is 8.38. The lowest BCUT2D eigenvalue weighted by molar-refractivity contribution is -0.452. The maximum Gasteiger partial charge on any atom is 0.385 e. The van der Waals surface area contributed by atoms with E-state index >= 15 is 0 Å². The summed E-state index contributed by atoms with van der Waals surface area (Å²) in [6.07, 6.45) is -2.34. The zero-order chi connectivity index (χ0) is 28.0. The molecule has 0 atom stereocenters. The molecule has 0 amide bonds. The zero-order valence-electron chi connectivity index (χ0n) is 16.1. The van der Waals surface area contributed by atoms with Crippen LogP contribution in [0.25, 0.3) is 0 Å². The van der Waals surface area contributed by atoms with Gasteiger partial charge >= 0.3 is 47.4 Å². The molecular formula is C15H12F18O. The van der Waals surface area contributed by atoms with Crippen LogP contribution < -0.4 is 0 Å². The molecular weight excluding hydrogens is 538 g/mol. The van der Waals surface area contributed by atoms with Crippen molar-refractivity contribution < 1.29 is 84.1 Å². The molecule has 0 aromatic rings. The van der Waals surface area contributed by atoms with E-state index in [-0.39, 0.29) is 6.42 Å². The Morgan fingerprint density at radius 3 is 1.21 bits per heavy atom. The van der Waals surface area contributed by atoms with Gasteiger partial charge in [0.2, 0.25) is 5.83 Å². The van der Waals surface area contributed by atoms with Crippen molar-refractivity contribution in [3.05, 3.63) is 11.7 Å². The van der Waals surface area contributed by atoms with E-state index in [1.54, 1.807) is 0 Å². The van der Waals surface area contributed by atoms with E-state index in [1.165, 1.54) is 6.92 Å². The summed E-state index contributed by atoms with van der Waals surface area (Å²) in [5.74, 6) is -72.0. The molecule has 0 aromatic heterocycles. The van der Waals surface area contributed by atoms with Crippen molar-refractivity contribution in [1.82, 2.24) is 0 Å². The molecule has 0 heterocycles. The molecule has 0 fully saturated rings. The van der Waals surface area contributed by atoms with Crippen LogP contribution in [0.15, 0.2) is 11.7 Å². The maximum absolute atomic E-state index is 13.6. The molecule has 1 N–H and O–H groups in total. The molecule has 0 unspecified atom stereocenters. The van der Waals surface area contributed by atoms with Crippen LogP contribution in [0, 0.1) is 0 Å². The molecule has 0 rings (SSSR count). The number of hydrogen-bond donors (Lipinski definition) is 1. The van der Waals surface area contributed by atoms with Crippen LogP contribution in [0.1, 0.15) is 26.2 Å². The highest BCUT2D eigenvalue weighted by molar-refractivity contribution is 5.22. The van der Waals surface area contributed by atoms with Gasteiger partial charge in [-0.3, -0.25) is 0 Å². The van der Waals surface area contributed by atoms with Gasteiger partial charge in [-0.15, -0.1) is 0 Å². The van der Waals surface area contributed by atoms with Crippen LogP contribution >= 0.6 is 0 Å². The minimum atomic E-state index is -8.74. The number of aliphatic hydroxyl groups is 1. The molecule has 0 spiro atoms. The van der Waals surface area contributed by atoms with Crippen molar-refractivity contribution in [2.45, 2.75) is 73.6 Å². The second-order valence-electron chi connectivity index (χ2n) is 6.71. The summed E-state index contributed by atoms with van der Waals surface area (Å²) >= 11 is 0. The van der Waals surface area contributed by atoms with Crippen molar-refractivity contribution in [2.75, 3.05) is 6.61 Å². The van der Waals surface area contributed by atoms with E-state index in [0.29, 0.717) is 0 Å². The monoisotopic (exact) mass is 550 g/mol. The minimum absolute atomic E-state index is 0.176. The summed E-state index contributed by atoms with van der Waals surface area (Å²) in [7, 11) is 0. The Balaban J connectivity index is 6.87. The third-order valence-corrected chi connectivity index (χ3v) is 4.29. The molecule has 0 bridgehead atoms. The summed E-state index contributed by atoms with van der Waals surface area (Å²) in [5, 5.41) is 7.89. The van der Waals surface area contributed by atoms with E-state index in [4.69, 9.17) is 5.11 Å². The average molecular weight is 550 g/mol. The van der Waals surface area contributed by atoms with Gasteiger partial charge in [0.1, 0.15) is 12.4 Å². The Morgan fingerprint density at radius 1 is 0.559 bits per heavy atom. The molecule has 34 heavy (non-hydrogen) atoms. The van der Waals surface area contributed by atoms with Crippen LogP contribution in [0.2, 0.25) is 0 Å². The van der Waals surface area contributed by atoms with Gasteiger partial charge in [0.15, 0.2) is 0 Å². The van der Waals surface area contributed by atoms with E-state index < -0.39 is 78.5 Å². The van der Waals surface area contributed by atoms with Gasteiger partial charge < -0.3 is 5.11 Å². The third-order valence-electron chi connectivity index (χ3n) is 4.29. The van der Waals surface area contributed by atoms with E-state index in [1.807, 2.05) is 0 Å². The number of rotatable bonds is 12. The van der Waals surface area contributed by atoms with Crippen LogP contribution in [-0.4, -0.2) is 59.1 Å². The highest BCUT2D eigenvalue weighted by Gasteiger charge is 2.95. The van der Waals surface area contributed by atoms with E-state index in [2.05, 4.69) is 0 Å². The number of unbranched alkanes of at least 4 members (excludes halogenated alkanes) is 1. The Bertz CT molecular complexity index is 752. The van der Waals surface area contributed by atoms with Gasteiger partial charge in [-0.05, 0) is 6.42 Å². The van der Waals surface area contributed by atoms with Crippen LogP contribution in [0.3, 0.4) is 0 Å². The zero-order valence-corrected chi connectivity index (χ0v) is 16.1. The standard InChI is InChI=1S/C15H12F18O/c1-2-3-4-6(16)7(17)9(20,21)11(24,25)13(28,29)15(32,33)14(30,31)12(26,27)10(22,23)8(18,19)5-34/h34H,2-5H2,1H3/b7-6+. The maximum atomic E-state index is 13.6. The van der Waals surface area contributed by atoms with Gasteiger partial charge in [-0.2, -0.15) is 70.2 Å². The number of halogens is 18. The largest absolute Gasteiger partial charge is 0.390 e. The van der Waals surface area contributed by atoms with Crippen molar-refractivity contribution in [1.29, 1.82) is 0 Å². The predicted octanol–water partition coefficient (Wildman–Crippen LogP) is 7.40. The first-order valence-electron chi connectivity index (χ1n) is 8.38. The summed E-state index contributed by atoms with van der Waals surface area (Å²) in [6.45, 7) is -2.32. The topological polar surface area (TPSA) is 20.2 Å². The van der Waals surface area contributed by atoms with Gasteiger partial charge in [0.25, 0.3) is 0 Å². The second-order valence-corrected chi connectivity index (χ2v) is 6.71. The minimum Gasteiger partial charge on any atom is -0.390 e. The van der Waals surface area contributed by atoms with Gasteiger partial charge in [-0.25, -0.2) is 8.78 Å². The Labute approximate surface area is 177 Å². The van der Waals surface area contributed by atoms with Gasteiger partial charge in [-0.1, -0.05) is 13.3 Å². The molecule has 0 saturated carbocycles. The van der Waals surface area contributed by atoms with Gasteiger partial charge in [0, 0.05) is 6.42 Å². The lowest BCUT2D eigenvalue weighted by Gasteiger charge is -2.43. The highest BCUT2D eigenvalue weighted by Crippen LogP contribution is 2.64. The number of alkyl halides is 16. The van der Waals surface area contributed by atoms with E-state index in [9.17, 15) is 79.0 Å². The van der Waals surface area contributed by atoms with Crippen LogP contribution in [0.5, 0.6) is 0 Å². The summed E-state index contributed by atoms with van der Waals surface area (Å²) < 4.78 is 240. The summed E-state index contributed by atoms with van der Waals surface area (Å²) in [5.41, 5.74) is 0. The first-order chi connectivity index (χ1) is 14.7. The fraction of sp³-hybridized carbons (Fsp3) is 0.867. The number of aliphatic hydroxyl groups excluding tert-OH is 1. The lowest BCUT2D eigenvalue weighted by atomic mass is 9.87. The van der Waals surface area contributed by atoms with Crippen LogP contribution in [-0.2, 0) is 0 Å². The molecule has 1 nitrogen and oxygen atoms in total. The average Bonchev–Trinajstić information content (AvgIpc) is 2.69. The smallest absolute Gasteiger partial charge is 0.385 e. The van der Waals surface area contributed by atoms with Gasteiger partial charge in [0.05, 0.1) is 0 Å². The van der Waals surface area contributed by atoms with Crippen molar-refractivity contribution in [3.63, 3.8) is 0 Å². The molecule has 0 aromatic carbocycles.